The van der Waals surface area contributed by atoms with Crippen LogP contribution in [-0.2, 0) is 6.54 Å². The predicted molar refractivity (Wildman–Crippen MR) is 110 cm³/mol. The first kappa shape index (κ1) is 20.5. The zero-order chi connectivity index (χ0) is 16.9. The molecule has 0 aliphatic heterocycles. The molecule has 0 amide bonds. The second kappa shape index (κ2) is 9.05. The Kier molecular flexibility index (Phi) is 7.72. The molecular formula is C18H27IN4O. The van der Waals surface area contributed by atoms with Crippen LogP contribution in [0.5, 0.6) is 0 Å². The Morgan fingerprint density at radius 2 is 1.88 bits per heavy atom. The summed E-state index contributed by atoms with van der Waals surface area (Å²) in [4.78, 5) is 8.84. The molecule has 0 saturated carbocycles. The Balaban J connectivity index is 0.00000288. The zero-order valence-electron chi connectivity index (χ0n) is 15.0. The van der Waals surface area contributed by atoms with Gasteiger partial charge in [-0.3, -0.25) is 0 Å². The Bertz CT molecular complexity index is 656. The maximum absolute atomic E-state index is 5.79. The zero-order valence-corrected chi connectivity index (χ0v) is 17.3. The number of hydrogen-bond donors (Lipinski definition) is 2. The third-order valence-electron chi connectivity index (χ3n) is 3.10. The molecule has 6 heteroatoms. The lowest BCUT2D eigenvalue weighted by atomic mass is 10.1. The number of aryl methyl sites for hydroxylation is 1. The van der Waals surface area contributed by atoms with E-state index in [0.29, 0.717) is 12.4 Å². The van der Waals surface area contributed by atoms with Crippen LogP contribution in [0.4, 0.5) is 0 Å². The SMILES string of the molecule is CCNC(=NCc1ncc(-c2ccc(C)cc2)o1)NC(C)(C)C.I. The van der Waals surface area contributed by atoms with Gasteiger partial charge in [-0.2, -0.15) is 0 Å². The number of halogens is 1. The number of hydrogen-bond acceptors (Lipinski definition) is 3. The van der Waals surface area contributed by atoms with Gasteiger partial charge in [-0.1, -0.05) is 29.8 Å². The minimum atomic E-state index is -0.0509. The maximum Gasteiger partial charge on any atom is 0.216 e. The summed E-state index contributed by atoms with van der Waals surface area (Å²) >= 11 is 0. The quantitative estimate of drug-likeness (QED) is 0.425. The van der Waals surface area contributed by atoms with Crippen LogP contribution in [0.3, 0.4) is 0 Å². The van der Waals surface area contributed by atoms with Crippen LogP contribution >= 0.6 is 24.0 Å². The first-order chi connectivity index (χ1) is 10.9. The normalized spacial score (nSPS) is 11.8. The van der Waals surface area contributed by atoms with Crippen molar-refractivity contribution in [3.05, 3.63) is 41.9 Å². The minimum Gasteiger partial charge on any atom is -0.439 e. The number of guanidine groups is 1. The van der Waals surface area contributed by atoms with Gasteiger partial charge in [-0.15, -0.1) is 24.0 Å². The van der Waals surface area contributed by atoms with Gasteiger partial charge in [-0.25, -0.2) is 9.98 Å². The average Bonchev–Trinajstić information content (AvgIpc) is 2.93. The summed E-state index contributed by atoms with van der Waals surface area (Å²) in [5.41, 5.74) is 2.20. The molecule has 1 heterocycles. The second-order valence-electron chi connectivity index (χ2n) is 6.55. The van der Waals surface area contributed by atoms with Gasteiger partial charge in [0.15, 0.2) is 11.7 Å². The van der Waals surface area contributed by atoms with Crippen molar-refractivity contribution >= 4 is 29.9 Å². The number of aliphatic imine (C=N–C) groups is 1. The molecule has 24 heavy (non-hydrogen) atoms. The number of oxazole rings is 1. The van der Waals surface area contributed by atoms with Crippen LogP contribution in [0.2, 0.25) is 0 Å². The Hall–Kier alpha value is -1.57. The molecule has 132 valence electrons. The largest absolute Gasteiger partial charge is 0.439 e. The van der Waals surface area contributed by atoms with E-state index in [-0.39, 0.29) is 29.5 Å². The smallest absolute Gasteiger partial charge is 0.216 e. The van der Waals surface area contributed by atoms with E-state index < -0.39 is 0 Å². The molecule has 0 radical (unpaired) electrons. The van der Waals surface area contributed by atoms with E-state index in [1.807, 2.05) is 19.1 Å². The van der Waals surface area contributed by atoms with Crippen LogP contribution < -0.4 is 10.6 Å². The molecule has 0 atom stereocenters. The maximum atomic E-state index is 5.79. The molecule has 2 aromatic rings. The lowest BCUT2D eigenvalue weighted by Crippen LogP contribution is -2.47. The molecule has 0 aliphatic rings. The highest BCUT2D eigenvalue weighted by molar-refractivity contribution is 14.0. The molecule has 5 nitrogen and oxygen atoms in total. The first-order valence-electron chi connectivity index (χ1n) is 7.95. The molecule has 0 unspecified atom stereocenters. The van der Waals surface area contributed by atoms with Gasteiger partial charge in [0.05, 0.1) is 6.20 Å². The monoisotopic (exact) mass is 442 g/mol. The van der Waals surface area contributed by atoms with E-state index in [9.17, 15) is 0 Å². The van der Waals surface area contributed by atoms with Crippen LogP contribution in [0.25, 0.3) is 11.3 Å². The highest BCUT2D eigenvalue weighted by Crippen LogP contribution is 2.21. The van der Waals surface area contributed by atoms with Crippen molar-refractivity contribution in [2.45, 2.75) is 46.7 Å². The Labute approximate surface area is 161 Å². The summed E-state index contributed by atoms with van der Waals surface area (Å²) in [6.07, 6.45) is 1.75. The van der Waals surface area contributed by atoms with Crippen LogP contribution in [0, 0.1) is 6.92 Å². The Morgan fingerprint density at radius 3 is 2.46 bits per heavy atom. The molecule has 0 bridgehead atoms. The summed E-state index contributed by atoms with van der Waals surface area (Å²) < 4.78 is 5.79. The van der Waals surface area contributed by atoms with Gasteiger partial charge in [0.1, 0.15) is 6.54 Å². The molecule has 0 aliphatic carbocycles. The topological polar surface area (TPSA) is 62.5 Å². The Morgan fingerprint density at radius 1 is 1.21 bits per heavy atom. The van der Waals surface area contributed by atoms with Gasteiger partial charge in [0, 0.05) is 17.6 Å². The van der Waals surface area contributed by atoms with Crippen molar-refractivity contribution < 1.29 is 4.42 Å². The van der Waals surface area contributed by atoms with E-state index >= 15 is 0 Å². The fourth-order valence-corrected chi connectivity index (χ4v) is 2.04. The molecular weight excluding hydrogens is 415 g/mol. The summed E-state index contributed by atoms with van der Waals surface area (Å²) in [5.74, 6) is 2.13. The highest BCUT2D eigenvalue weighted by Gasteiger charge is 2.12. The molecule has 2 rings (SSSR count). The summed E-state index contributed by atoms with van der Waals surface area (Å²) in [5, 5.41) is 6.57. The number of nitrogens with zero attached hydrogens (tertiary/aromatic N) is 2. The second-order valence-corrected chi connectivity index (χ2v) is 6.55. The summed E-state index contributed by atoms with van der Waals surface area (Å²) in [6.45, 7) is 11.6. The minimum absolute atomic E-state index is 0. The standard InChI is InChI=1S/C18H26N4O.HI/c1-6-19-17(22-18(3,4)5)21-12-16-20-11-15(23-16)14-9-7-13(2)8-10-14;/h7-11H,6,12H2,1-5H3,(H2,19,21,22);1H. The van der Waals surface area contributed by atoms with Crippen molar-refractivity contribution in [2.75, 3.05) is 6.54 Å². The van der Waals surface area contributed by atoms with E-state index in [1.54, 1.807) is 6.20 Å². The molecule has 1 aromatic heterocycles. The van der Waals surface area contributed by atoms with E-state index in [0.717, 1.165) is 23.8 Å². The number of nitrogens with one attached hydrogen (secondary N) is 2. The van der Waals surface area contributed by atoms with Gasteiger partial charge >= 0.3 is 0 Å². The third kappa shape index (κ3) is 6.51. The van der Waals surface area contributed by atoms with Crippen molar-refractivity contribution in [1.82, 2.24) is 15.6 Å². The number of benzene rings is 1. The van der Waals surface area contributed by atoms with E-state index in [4.69, 9.17) is 4.42 Å². The third-order valence-corrected chi connectivity index (χ3v) is 3.10. The first-order valence-corrected chi connectivity index (χ1v) is 7.95. The van der Waals surface area contributed by atoms with Crippen LogP contribution in [0.1, 0.15) is 39.1 Å². The van der Waals surface area contributed by atoms with Gasteiger partial charge in [-0.05, 0) is 34.6 Å². The highest BCUT2D eigenvalue weighted by atomic mass is 127. The number of rotatable bonds is 4. The lowest BCUT2D eigenvalue weighted by molar-refractivity contribution is 0.492. The van der Waals surface area contributed by atoms with Crippen molar-refractivity contribution in [3.8, 4) is 11.3 Å². The molecule has 0 spiro atoms. The fourth-order valence-electron chi connectivity index (χ4n) is 2.04. The van der Waals surface area contributed by atoms with Gasteiger partial charge in [0.25, 0.3) is 0 Å². The van der Waals surface area contributed by atoms with Crippen molar-refractivity contribution in [1.29, 1.82) is 0 Å². The number of aromatic nitrogens is 1. The van der Waals surface area contributed by atoms with E-state index in [1.165, 1.54) is 5.56 Å². The molecule has 0 saturated heterocycles. The fraction of sp³-hybridized carbons (Fsp3) is 0.444. The molecule has 1 aromatic carbocycles. The van der Waals surface area contributed by atoms with Crippen LogP contribution in [0.15, 0.2) is 39.9 Å². The molecule has 0 fully saturated rings. The summed E-state index contributed by atoms with van der Waals surface area (Å²) in [7, 11) is 0. The van der Waals surface area contributed by atoms with Gasteiger partial charge in [0.2, 0.25) is 5.89 Å². The van der Waals surface area contributed by atoms with Crippen LogP contribution in [-0.4, -0.2) is 23.0 Å². The molecule has 2 N–H and O–H groups in total. The predicted octanol–water partition coefficient (Wildman–Crippen LogP) is 4.12. The summed E-state index contributed by atoms with van der Waals surface area (Å²) in [6, 6.07) is 8.20. The average molecular weight is 442 g/mol. The van der Waals surface area contributed by atoms with Crippen molar-refractivity contribution in [2.24, 2.45) is 4.99 Å². The van der Waals surface area contributed by atoms with Gasteiger partial charge < -0.3 is 15.1 Å². The van der Waals surface area contributed by atoms with E-state index in [2.05, 4.69) is 60.4 Å². The van der Waals surface area contributed by atoms with Crippen molar-refractivity contribution in [3.63, 3.8) is 0 Å². The lowest BCUT2D eigenvalue weighted by Gasteiger charge is -2.23.